The van der Waals surface area contributed by atoms with Gasteiger partial charge in [-0.15, -0.1) is 0 Å². The summed E-state index contributed by atoms with van der Waals surface area (Å²) in [4.78, 5) is 35.0. The van der Waals surface area contributed by atoms with Crippen LogP contribution >= 0.6 is 0 Å². The van der Waals surface area contributed by atoms with E-state index >= 15 is 0 Å². The molecule has 1 atom stereocenters. The van der Waals surface area contributed by atoms with Gasteiger partial charge in [-0.25, -0.2) is 4.79 Å². The number of hydrogen-bond donors (Lipinski definition) is 5. The number of rotatable bonds is 5. The smallest absolute Gasteiger partial charge is 0.322 e. The summed E-state index contributed by atoms with van der Waals surface area (Å²) < 4.78 is 0. The van der Waals surface area contributed by atoms with E-state index in [2.05, 4.69) is 21.3 Å². The monoisotopic (exact) mass is 341 g/mol. The number of urea groups is 1. The molecule has 1 aromatic carbocycles. The second kappa shape index (κ2) is 6.39. The zero-order chi connectivity index (χ0) is 18.0. The van der Waals surface area contributed by atoms with Crippen LogP contribution in [0.1, 0.15) is 23.1 Å². The van der Waals surface area contributed by atoms with Crippen molar-refractivity contribution in [2.45, 2.75) is 18.4 Å². The zero-order valence-electron chi connectivity index (χ0n) is 13.7. The van der Waals surface area contributed by atoms with E-state index in [9.17, 15) is 14.4 Å². The number of carbonyl (C=O) groups is 3. The molecule has 0 radical (unpaired) electrons. The fourth-order valence-electron chi connectivity index (χ4n) is 3.26. The second-order valence-corrected chi connectivity index (χ2v) is 5.98. The van der Waals surface area contributed by atoms with Gasteiger partial charge in [-0.3, -0.25) is 14.9 Å². The number of hydrogen-bond acceptors (Lipinski definition) is 5. The highest BCUT2D eigenvalue weighted by atomic mass is 16.2. The molecule has 3 rings (SSSR count). The topological polar surface area (TPSA) is 123 Å². The van der Waals surface area contributed by atoms with Crippen molar-refractivity contribution in [3.63, 3.8) is 0 Å². The van der Waals surface area contributed by atoms with Gasteiger partial charge in [-0.05, 0) is 29.5 Å². The third-order valence-corrected chi connectivity index (χ3v) is 4.56. The van der Waals surface area contributed by atoms with Crippen molar-refractivity contribution in [2.75, 3.05) is 13.6 Å². The van der Waals surface area contributed by atoms with Gasteiger partial charge in [0.25, 0.3) is 5.91 Å². The Kier molecular flexibility index (Phi) is 4.26. The molecule has 8 heteroatoms. The highest BCUT2D eigenvalue weighted by molar-refractivity contribution is 6.09. The average Bonchev–Trinajstić information content (AvgIpc) is 3.11. The van der Waals surface area contributed by atoms with Crippen LogP contribution in [0.5, 0.6) is 0 Å². The molecule has 1 spiro atoms. The number of fused-ring (bicyclic) bond motifs is 2. The van der Waals surface area contributed by atoms with Crippen molar-refractivity contribution >= 4 is 29.6 Å². The Balaban J connectivity index is 1.86. The third-order valence-electron chi connectivity index (χ3n) is 4.56. The van der Waals surface area contributed by atoms with Crippen LogP contribution in [0.25, 0.3) is 5.57 Å². The van der Waals surface area contributed by atoms with E-state index in [1.165, 1.54) is 6.21 Å². The lowest BCUT2D eigenvalue weighted by molar-refractivity contribution is -0.124. The predicted octanol–water partition coefficient (Wildman–Crippen LogP) is -0.00643. The van der Waals surface area contributed by atoms with E-state index in [0.29, 0.717) is 18.4 Å². The molecule has 1 fully saturated rings. The molecule has 4 amide bonds. The predicted molar refractivity (Wildman–Crippen MR) is 91.9 cm³/mol. The molecule has 1 heterocycles. The average molecular weight is 341 g/mol. The minimum atomic E-state index is -0.975. The number of likely N-dealkylation sites (N-methyl/N-ethyl adjacent to an activating group) is 1. The van der Waals surface area contributed by atoms with Gasteiger partial charge in [0.2, 0.25) is 5.91 Å². The van der Waals surface area contributed by atoms with Crippen LogP contribution in [0.3, 0.4) is 0 Å². The van der Waals surface area contributed by atoms with Gasteiger partial charge in [0.05, 0.1) is 6.54 Å². The van der Waals surface area contributed by atoms with Gasteiger partial charge >= 0.3 is 6.03 Å². The van der Waals surface area contributed by atoms with Crippen LogP contribution in [0, 0.1) is 5.41 Å². The summed E-state index contributed by atoms with van der Waals surface area (Å²) in [6.07, 6.45) is 3.99. The number of benzene rings is 1. The summed E-state index contributed by atoms with van der Waals surface area (Å²) in [5.41, 5.74) is 2.21. The van der Waals surface area contributed by atoms with Crippen LogP contribution in [0.15, 0.2) is 24.4 Å². The molecule has 0 saturated carbocycles. The first-order valence-corrected chi connectivity index (χ1v) is 7.92. The number of amides is 4. The maximum Gasteiger partial charge on any atom is 0.322 e. The molecule has 8 nitrogen and oxygen atoms in total. The lowest BCUT2D eigenvalue weighted by atomic mass is 9.91. The molecular weight excluding hydrogens is 322 g/mol. The quantitative estimate of drug-likeness (QED) is 0.382. The van der Waals surface area contributed by atoms with Gasteiger partial charge in [-0.2, -0.15) is 0 Å². The van der Waals surface area contributed by atoms with Crippen molar-refractivity contribution in [1.29, 1.82) is 5.41 Å². The lowest BCUT2D eigenvalue weighted by Crippen LogP contribution is -2.41. The molecule has 2 aliphatic rings. The van der Waals surface area contributed by atoms with Crippen LogP contribution < -0.4 is 21.3 Å². The largest absolute Gasteiger partial charge is 0.382 e. The van der Waals surface area contributed by atoms with Crippen molar-refractivity contribution in [2.24, 2.45) is 0 Å². The fraction of sp³-hybridized carbons (Fsp3) is 0.294. The highest BCUT2D eigenvalue weighted by Gasteiger charge is 2.51. The Morgan fingerprint density at radius 3 is 2.84 bits per heavy atom. The molecule has 1 aromatic rings. The van der Waals surface area contributed by atoms with E-state index < -0.39 is 11.6 Å². The van der Waals surface area contributed by atoms with Gasteiger partial charge in [0.1, 0.15) is 5.54 Å². The number of nitrogens with one attached hydrogen (secondary N) is 5. The van der Waals surface area contributed by atoms with Gasteiger partial charge in [0, 0.05) is 25.0 Å². The normalized spacial score (nSPS) is 21.6. The third kappa shape index (κ3) is 2.86. The van der Waals surface area contributed by atoms with E-state index in [-0.39, 0.29) is 18.4 Å². The zero-order valence-corrected chi connectivity index (χ0v) is 13.7. The molecule has 1 aliphatic carbocycles. The standard InChI is InChI=1S/C17H19N5O3/c1-19-14(23)9-20-8-12(7-18)10-2-3-13-11(6-10)4-5-17(13)15(24)21-16(25)22-17/h2-3,6-8,18,20H,4-5,9H2,1H3,(H,19,23)(H2,21,22,24,25)/b12-8+,18-7?. The summed E-state index contributed by atoms with van der Waals surface area (Å²) in [6, 6.07) is 5.07. The lowest BCUT2D eigenvalue weighted by Gasteiger charge is -2.21. The van der Waals surface area contributed by atoms with Crippen molar-refractivity contribution in [3.05, 3.63) is 41.1 Å². The molecule has 1 unspecified atom stereocenters. The number of allylic oxidation sites excluding steroid dienone is 1. The summed E-state index contributed by atoms with van der Waals surface area (Å²) in [5, 5.41) is 18.0. The highest BCUT2D eigenvalue weighted by Crippen LogP contribution is 2.39. The molecular formula is C17H19N5O3. The Labute approximate surface area is 144 Å². The molecule has 130 valence electrons. The number of imide groups is 1. The summed E-state index contributed by atoms with van der Waals surface area (Å²) in [7, 11) is 1.56. The number of carbonyl (C=O) groups excluding carboxylic acids is 3. The summed E-state index contributed by atoms with van der Waals surface area (Å²) in [5.74, 6) is -0.474. The van der Waals surface area contributed by atoms with Gasteiger partial charge in [-0.1, -0.05) is 18.2 Å². The Morgan fingerprint density at radius 2 is 2.20 bits per heavy atom. The summed E-state index contributed by atoms with van der Waals surface area (Å²) in [6.45, 7) is 0.119. The molecule has 5 N–H and O–H groups in total. The van der Waals surface area contributed by atoms with Crippen molar-refractivity contribution < 1.29 is 14.4 Å². The Hall–Kier alpha value is -3.16. The van der Waals surface area contributed by atoms with Gasteiger partial charge < -0.3 is 21.4 Å². The molecule has 1 aliphatic heterocycles. The molecule has 0 bridgehead atoms. The minimum Gasteiger partial charge on any atom is -0.382 e. The maximum atomic E-state index is 12.2. The SMILES string of the molecule is CNC(=O)CN/C=C(\C=N)c1ccc2c(c1)CCC21NC(=O)NC1=O. The first-order chi connectivity index (χ1) is 12.0. The molecule has 1 saturated heterocycles. The Morgan fingerprint density at radius 1 is 1.40 bits per heavy atom. The van der Waals surface area contributed by atoms with Gasteiger partial charge in [0.15, 0.2) is 0 Å². The van der Waals surface area contributed by atoms with E-state index in [1.807, 2.05) is 18.2 Å². The second-order valence-electron chi connectivity index (χ2n) is 5.98. The maximum absolute atomic E-state index is 12.2. The Bertz CT molecular complexity index is 801. The van der Waals surface area contributed by atoms with E-state index in [1.54, 1.807) is 13.2 Å². The van der Waals surface area contributed by atoms with Crippen LogP contribution in [0.4, 0.5) is 4.79 Å². The number of aryl methyl sites for hydroxylation is 1. The van der Waals surface area contributed by atoms with Crippen molar-refractivity contribution in [1.82, 2.24) is 21.3 Å². The van der Waals surface area contributed by atoms with Crippen LogP contribution in [-0.2, 0) is 21.5 Å². The summed E-state index contributed by atoms with van der Waals surface area (Å²) >= 11 is 0. The van der Waals surface area contributed by atoms with Crippen LogP contribution in [-0.4, -0.2) is 37.7 Å². The minimum absolute atomic E-state index is 0.119. The molecule has 25 heavy (non-hydrogen) atoms. The van der Waals surface area contributed by atoms with E-state index in [4.69, 9.17) is 5.41 Å². The first kappa shape index (κ1) is 16.7. The molecule has 0 aromatic heterocycles. The van der Waals surface area contributed by atoms with Crippen molar-refractivity contribution in [3.8, 4) is 0 Å². The first-order valence-electron chi connectivity index (χ1n) is 7.92. The van der Waals surface area contributed by atoms with E-state index in [0.717, 1.165) is 16.7 Å². The fourth-order valence-corrected chi connectivity index (χ4v) is 3.26. The van der Waals surface area contributed by atoms with Crippen LogP contribution in [0.2, 0.25) is 0 Å².